The van der Waals surface area contributed by atoms with Gasteiger partial charge < -0.3 is 10.1 Å². The first-order valence-electron chi connectivity index (χ1n) is 8.30. The number of pyridine rings is 1. The van der Waals surface area contributed by atoms with E-state index in [1.54, 1.807) is 6.20 Å². The molecule has 1 aliphatic rings. The van der Waals surface area contributed by atoms with Gasteiger partial charge in [-0.15, -0.1) is 0 Å². The minimum Gasteiger partial charge on any atom is -0.377 e. The maximum Gasteiger partial charge on any atom is 0.0710 e. The predicted octanol–water partition coefficient (Wildman–Crippen LogP) is 3.01. The van der Waals surface area contributed by atoms with Gasteiger partial charge in [-0.2, -0.15) is 5.10 Å². The summed E-state index contributed by atoms with van der Waals surface area (Å²) in [6, 6.07) is 3.99. The number of rotatable bonds is 5. The highest BCUT2D eigenvalue weighted by molar-refractivity contribution is 5.61. The summed E-state index contributed by atoms with van der Waals surface area (Å²) in [5.41, 5.74) is 3.47. The monoisotopic (exact) mass is 314 g/mol. The Labute approximate surface area is 137 Å². The molecule has 0 bridgehead atoms. The van der Waals surface area contributed by atoms with Crippen LogP contribution < -0.4 is 5.32 Å². The van der Waals surface area contributed by atoms with Gasteiger partial charge in [-0.25, -0.2) is 0 Å². The van der Waals surface area contributed by atoms with Gasteiger partial charge in [-0.3, -0.25) is 10.1 Å². The Morgan fingerprint density at radius 3 is 2.96 bits per heavy atom. The summed E-state index contributed by atoms with van der Waals surface area (Å²) >= 11 is 0. The van der Waals surface area contributed by atoms with Crippen molar-refractivity contribution in [2.75, 3.05) is 13.2 Å². The Morgan fingerprint density at radius 1 is 1.35 bits per heavy atom. The molecule has 2 aromatic rings. The van der Waals surface area contributed by atoms with Gasteiger partial charge in [0.1, 0.15) is 0 Å². The van der Waals surface area contributed by atoms with Crippen molar-refractivity contribution in [2.24, 2.45) is 11.3 Å². The first-order chi connectivity index (χ1) is 11.1. The number of nitrogens with one attached hydrogen (secondary N) is 2. The molecule has 0 amide bonds. The number of aromatic nitrogens is 3. The van der Waals surface area contributed by atoms with Crippen LogP contribution in [-0.2, 0) is 11.3 Å². The number of hydrogen-bond donors (Lipinski definition) is 2. The number of H-pyrrole nitrogens is 1. The fourth-order valence-electron chi connectivity index (χ4n) is 3.40. The lowest BCUT2D eigenvalue weighted by Crippen LogP contribution is -2.36. The second kappa shape index (κ2) is 6.81. The van der Waals surface area contributed by atoms with E-state index in [1.165, 1.54) is 5.56 Å². The Hall–Kier alpha value is -1.72. The second-order valence-corrected chi connectivity index (χ2v) is 7.35. The third-order valence-corrected chi connectivity index (χ3v) is 4.46. The van der Waals surface area contributed by atoms with E-state index in [0.717, 1.165) is 37.4 Å². The molecule has 23 heavy (non-hydrogen) atoms. The SMILES string of the molecule is CC(C)(C)[C@H]1OCC[C@@H]1CNCc1cn[nH]c1-c1cccnc1. The Morgan fingerprint density at radius 2 is 2.22 bits per heavy atom. The van der Waals surface area contributed by atoms with Crippen LogP contribution >= 0.6 is 0 Å². The van der Waals surface area contributed by atoms with E-state index in [-0.39, 0.29) is 5.41 Å². The van der Waals surface area contributed by atoms with Crippen LogP contribution in [0.5, 0.6) is 0 Å². The van der Waals surface area contributed by atoms with Crippen molar-refractivity contribution in [3.8, 4) is 11.3 Å². The first-order valence-corrected chi connectivity index (χ1v) is 8.30. The van der Waals surface area contributed by atoms with E-state index >= 15 is 0 Å². The van der Waals surface area contributed by atoms with Crippen molar-refractivity contribution in [2.45, 2.75) is 39.8 Å². The third kappa shape index (κ3) is 3.79. The van der Waals surface area contributed by atoms with Crippen LogP contribution in [0.3, 0.4) is 0 Å². The van der Waals surface area contributed by atoms with Crippen LogP contribution in [0.1, 0.15) is 32.8 Å². The molecule has 0 radical (unpaired) electrons. The lowest BCUT2D eigenvalue weighted by atomic mass is 9.81. The fraction of sp³-hybridized carbons (Fsp3) is 0.556. The van der Waals surface area contributed by atoms with Gasteiger partial charge >= 0.3 is 0 Å². The summed E-state index contributed by atoms with van der Waals surface area (Å²) in [4.78, 5) is 4.18. The molecule has 124 valence electrons. The van der Waals surface area contributed by atoms with E-state index < -0.39 is 0 Å². The van der Waals surface area contributed by atoms with E-state index in [2.05, 4.69) is 41.3 Å². The summed E-state index contributed by atoms with van der Waals surface area (Å²) in [5, 5.41) is 10.8. The normalized spacial score (nSPS) is 21.7. The maximum atomic E-state index is 5.94. The van der Waals surface area contributed by atoms with E-state index in [1.807, 2.05) is 24.5 Å². The van der Waals surface area contributed by atoms with Gasteiger partial charge in [-0.1, -0.05) is 20.8 Å². The molecule has 1 aliphatic heterocycles. The summed E-state index contributed by atoms with van der Waals surface area (Å²) in [6.07, 6.45) is 7.00. The van der Waals surface area contributed by atoms with Crippen molar-refractivity contribution in [3.05, 3.63) is 36.3 Å². The first kappa shape index (κ1) is 16.1. The molecular formula is C18H26N4O. The number of nitrogens with zero attached hydrogens (tertiary/aromatic N) is 2. The van der Waals surface area contributed by atoms with Crippen molar-refractivity contribution < 1.29 is 4.74 Å². The highest BCUT2D eigenvalue weighted by atomic mass is 16.5. The molecule has 2 N–H and O–H groups in total. The van der Waals surface area contributed by atoms with Crippen molar-refractivity contribution in [3.63, 3.8) is 0 Å². The highest BCUT2D eigenvalue weighted by Crippen LogP contribution is 2.34. The van der Waals surface area contributed by atoms with Gasteiger partial charge in [0.05, 0.1) is 18.0 Å². The van der Waals surface area contributed by atoms with Gasteiger partial charge in [0.15, 0.2) is 0 Å². The molecule has 2 atom stereocenters. The summed E-state index contributed by atoms with van der Waals surface area (Å²) < 4.78 is 5.94. The smallest absolute Gasteiger partial charge is 0.0710 e. The largest absolute Gasteiger partial charge is 0.377 e. The minimum absolute atomic E-state index is 0.194. The maximum absolute atomic E-state index is 5.94. The second-order valence-electron chi connectivity index (χ2n) is 7.35. The molecule has 5 heteroatoms. The molecule has 0 saturated carbocycles. The lowest BCUT2D eigenvalue weighted by molar-refractivity contribution is 0.00721. The molecule has 1 saturated heterocycles. The highest BCUT2D eigenvalue weighted by Gasteiger charge is 2.36. The molecule has 1 fully saturated rings. The molecule has 3 heterocycles. The minimum atomic E-state index is 0.194. The number of aromatic amines is 1. The molecule has 3 rings (SSSR count). The van der Waals surface area contributed by atoms with Crippen LogP contribution in [-0.4, -0.2) is 34.4 Å². The van der Waals surface area contributed by atoms with Gasteiger partial charge in [0.25, 0.3) is 0 Å². The van der Waals surface area contributed by atoms with Crippen molar-refractivity contribution >= 4 is 0 Å². The Kier molecular flexibility index (Phi) is 4.78. The topological polar surface area (TPSA) is 62.8 Å². The van der Waals surface area contributed by atoms with Crippen LogP contribution in [0, 0.1) is 11.3 Å². The van der Waals surface area contributed by atoms with E-state index in [0.29, 0.717) is 12.0 Å². The Bertz CT molecular complexity index is 617. The molecule has 0 unspecified atom stereocenters. The Balaban J connectivity index is 1.59. The van der Waals surface area contributed by atoms with Crippen molar-refractivity contribution in [1.82, 2.24) is 20.5 Å². The quantitative estimate of drug-likeness (QED) is 0.890. The van der Waals surface area contributed by atoms with Crippen LogP contribution in [0.25, 0.3) is 11.3 Å². The van der Waals surface area contributed by atoms with Crippen LogP contribution in [0.4, 0.5) is 0 Å². The van der Waals surface area contributed by atoms with Crippen molar-refractivity contribution in [1.29, 1.82) is 0 Å². The summed E-state index contributed by atoms with van der Waals surface area (Å²) in [5.74, 6) is 0.573. The zero-order chi connectivity index (χ0) is 16.3. The molecule has 0 aromatic carbocycles. The summed E-state index contributed by atoms with van der Waals surface area (Å²) in [7, 11) is 0. The summed E-state index contributed by atoms with van der Waals surface area (Å²) in [6.45, 7) is 9.42. The molecule has 0 aliphatic carbocycles. The van der Waals surface area contributed by atoms with Gasteiger partial charge in [0, 0.05) is 49.1 Å². The standard InChI is InChI=1S/C18H26N4O/c1-18(2,3)17-14(6-8-23-17)10-20-11-15-12-21-22-16(15)13-5-4-7-19-9-13/h4-5,7,9,12,14,17,20H,6,8,10-11H2,1-3H3,(H,21,22)/t14-,17+/m1/s1. The molecular weight excluding hydrogens is 288 g/mol. The van der Waals surface area contributed by atoms with Crippen LogP contribution in [0.2, 0.25) is 0 Å². The number of ether oxygens (including phenoxy) is 1. The average Bonchev–Trinajstić information content (AvgIpc) is 3.17. The zero-order valence-electron chi connectivity index (χ0n) is 14.2. The molecule has 2 aromatic heterocycles. The van der Waals surface area contributed by atoms with Crippen LogP contribution in [0.15, 0.2) is 30.7 Å². The number of hydrogen-bond acceptors (Lipinski definition) is 4. The zero-order valence-corrected chi connectivity index (χ0v) is 14.2. The lowest BCUT2D eigenvalue weighted by Gasteiger charge is -2.31. The van der Waals surface area contributed by atoms with Gasteiger partial charge in [0.2, 0.25) is 0 Å². The van der Waals surface area contributed by atoms with E-state index in [4.69, 9.17) is 4.74 Å². The van der Waals surface area contributed by atoms with E-state index in [9.17, 15) is 0 Å². The average molecular weight is 314 g/mol. The molecule has 5 nitrogen and oxygen atoms in total. The van der Waals surface area contributed by atoms with Gasteiger partial charge in [-0.05, 0) is 24.0 Å². The fourth-order valence-corrected chi connectivity index (χ4v) is 3.40. The third-order valence-electron chi connectivity index (χ3n) is 4.46. The predicted molar refractivity (Wildman–Crippen MR) is 90.8 cm³/mol. The molecule has 0 spiro atoms.